The van der Waals surface area contributed by atoms with Gasteiger partial charge in [-0.25, -0.2) is 4.68 Å². The van der Waals surface area contributed by atoms with Crippen molar-refractivity contribution >= 4 is 5.82 Å². The van der Waals surface area contributed by atoms with E-state index in [1.165, 1.54) is 11.5 Å². The standard InChI is InChI=1S/C14H25N3/c1-13(2,3)10-9-12-15-8-7-11(14(4,5)6)17(12)16-10/h9,11,15H,7-8H2,1-6H3. The van der Waals surface area contributed by atoms with Crippen LogP contribution in [-0.4, -0.2) is 16.3 Å². The first-order valence-corrected chi connectivity index (χ1v) is 6.53. The summed E-state index contributed by atoms with van der Waals surface area (Å²) in [5.74, 6) is 1.18. The van der Waals surface area contributed by atoms with Gasteiger partial charge < -0.3 is 5.32 Å². The summed E-state index contributed by atoms with van der Waals surface area (Å²) in [6.45, 7) is 14.6. The number of rotatable bonds is 0. The molecule has 0 spiro atoms. The van der Waals surface area contributed by atoms with Crippen LogP contribution in [0.4, 0.5) is 5.82 Å². The third-order valence-electron chi connectivity index (χ3n) is 3.52. The zero-order valence-corrected chi connectivity index (χ0v) is 12.0. The van der Waals surface area contributed by atoms with E-state index in [2.05, 4.69) is 57.6 Å². The van der Waals surface area contributed by atoms with Crippen LogP contribution in [-0.2, 0) is 5.41 Å². The van der Waals surface area contributed by atoms with Gasteiger partial charge in [-0.2, -0.15) is 5.10 Å². The topological polar surface area (TPSA) is 29.9 Å². The molecule has 1 N–H and O–H groups in total. The highest BCUT2D eigenvalue weighted by Gasteiger charge is 2.32. The van der Waals surface area contributed by atoms with Gasteiger partial charge in [-0.15, -0.1) is 0 Å². The van der Waals surface area contributed by atoms with E-state index in [0.29, 0.717) is 6.04 Å². The van der Waals surface area contributed by atoms with E-state index in [1.54, 1.807) is 0 Å². The summed E-state index contributed by atoms with van der Waals surface area (Å²) >= 11 is 0. The molecule has 3 heteroatoms. The fraction of sp³-hybridized carbons (Fsp3) is 0.786. The van der Waals surface area contributed by atoms with Crippen molar-refractivity contribution < 1.29 is 0 Å². The summed E-state index contributed by atoms with van der Waals surface area (Å²) in [5.41, 5.74) is 1.56. The van der Waals surface area contributed by atoms with Gasteiger partial charge in [-0.1, -0.05) is 41.5 Å². The summed E-state index contributed by atoms with van der Waals surface area (Å²) in [6.07, 6.45) is 1.15. The summed E-state index contributed by atoms with van der Waals surface area (Å²) < 4.78 is 2.20. The van der Waals surface area contributed by atoms with Crippen molar-refractivity contribution in [3.8, 4) is 0 Å². The van der Waals surface area contributed by atoms with Crippen LogP contribution in [0.5, 0.6) is 0 Å². The smallest absolute Gasteiger partial charge is 0.124 e. The predicted molar refractivity (Wildman–Crippen MR) is 72.5 cm³/mol. The molecule has 0 bridgehead atoms. The van der Waals surface area contributed by atoms with Crippen LogP contribution in [0.15, 0.2) is 6.07 Å². The second-order valence-electron chi connectivity index (χ2n) is 7.21. The quantitative estimate of drug-likeness (QED) is 0.745. The van der Waals surface area contributed by atoms with E-state index in [1.807, 2.05) is 0 Å². The van der Waals surface area contributed by atoms with Gasteiger partial charge >= 0.3 is 0 Å². The lowest BCUT2D eigenvalue weighted by Gasteiger charge is -2.35. The molecule has 0 amide bonds. The van der Waals surface area contributed by atoms with Crippen LogP contribution in [0.25, 0.3) is 0 Å². The molecule has 3 nitrogen and oxygen atoms in total. The molecule has 1 aromatic rings. The largest absolute Gasteiger partial charge is 0.370 e. The molecule has 0 saturated carbocycles. The molecule has 0 fully saturated rings. The van der Waals surface area contributed by atoms with Gasteiger partial charge in [0.1, 0.15) is 5.82 Å². The maximum atomic E-state index is 4.82. The Balaban J connectivity index is 2.42. The van der Waals surface area contributed by atoms with Crippen molar-refractivity contribution in [3.05, 3.63) is 11.8 Å². The first-order valence-electron chi connectivity index (χ1n) is 6.53. The second-order valence-corrected chi connectivity index (χ2v) is 7.21. The third kappa shape index (κ3) is 2.33. The van der Waals surface area contributed by atoms with Crippen molar-refractivity contribution in [2.45, 2.75) is 59.4 Å². The van der Waals surface area contributed by atoms with E-state index < -0.39 is 0 Å². The number of anilines is 1. The molecule has 1 aliphatic rings. The van der Waals surface area contributed by atoms with Gasteiger partial charge in [0.25, 0.3) is 0 Å². The highest BCUT2D eigenvalue weighted by atomic mass is 15.4. The Morgan fingerprint density at radius 1 is 1.24 bits per heavy atom. The Labute approximate surface area is 105 Å². The highest BCUT2D eigenvalue weighted by molar-refractivity contribution is 5.41. The molecule has 96 valence electrons. The molecule has 1 unspecified atom stereocenters. The molecule has 0 aliphatic carbocycles. The normalized spacial score (nSPS) is 20.9. The molecule has 0 aromatic carbocycles. The number of nitrogens with zero attached hydrogens (tertiary/aromatic N) is 2. The van der Waals surface area contributed by atoms with Crippen LogP contribution < -0.4 is 5.32 Å². The monoisotopic (exact) mass is 235 g/mol. The van der Waals surface area contributed by atoms with E-state index in [-0.39, 0.29) is 10.8 Å². The fourth-order valence-electron chi connectivity index (χ4n) is 2.39. The van der Waals surface area contributed by atoms with Crippen LogP contribution in [0.2, 0.25) is 0 Å². The minimum atomic E-state index is 0.119. The Hall–Kier alpha value is -0.990. The van der Waals surface area contributed by atoms with Gasteiger partial charge in [0.2, 0.25) is 0 Å². The maximum absolute atomic E-state index is 4.82. The third-order valence-corrected chi connectivity index (χ3v) is 3.52. The molecule has 0 radical (unpaired) electrons. The maximum Gasteiger partial charge on any atom is 0.124 e. The summed E-state index contributed by atoms with van der Waals surface area (Å²) in [7, 11) is 0. The lowest BCUT2D eigenvalue weighted by Crippen LogP contribution is -2.32. The number of aromatic nitrogens is 2. The van der Waals surface area contributed by atoms with Gasteiger partial charge in [-0.05, 0) is 11.8 Å². The van der Waals surface area contributed by atoms with E-state index in [9.17, 15) is 0 Å². The van der Waals surface area contributed by atoms with Crippen molar-refractivity contribution in [2.24, 2.45) is 5.41 Å². The number of nitrogens with one attached hydrogen (secondary N) is 1. The first kappa shape index (κ1) is 12.5. The number of hydrogen-bond acceptors (Lipinski definition) is 2. The minimum absolute atomic E-state index is 0.119. The Morgan fingerprint density at radius 3 is 2.41 bits per heavy atom. The second kappa shape index (κ2) is 3.76. The van der Waals surface area contributed by atoms with E-state index in [4.69, 9.17) is 5.10 Å². The van der Waals surface area contributed by atoms with Gasteiger partial charge in [0.15, 0.2) is 0 Å². The summed E-state index contributed by atoms with van der Waals surface area (Å²) in [6, 6.07) is 2.70. The average Bonchev–Trinajstić information content (AvgIpc) is 2.57. The first-order chi connectivity index (χ1) is 7.69. The molecular weight excluding hydrogens is 210 g/mol. The van der Waals surface area contributed by atoms with Crippen molar-refractivity contribution in [1.29, 1.82) is 0 Å². The van der Waals surface area contributed by atoms with Crippen LogP contribution in [0.1, 0.15) is 59.7 Å². The molecule has 17 heavy (non-hydrogen) atoms. The average molecular weight is 235 g/mol. The number of hydrogen-bond donors (Lipinski definition) is 1. The van der Waals surface area contributed by atoms with Gasteiger partial charge in [0, 0.05) is 18.0 Å². The zero-order valence-electron chi connectivity index (χ0n) is 12.0. The van der Waals surface area contributed by atoms with Gasteiger partial charge in [0.05, 0.1) is 11.7 Å². The lowest BCUT2D eigenvalue weighted by atomic mass is 9.84. The Kier molecular flexibility index (Phi) is 2.75. The zero-order chi connectivity index (χ0) is 12.8. The van der Waals surface area contributed by atoms with E-state index >= 15 is 0 Å². The van der Waals surface area contributed by atoms with Crippen molar-refractivity contribution in [2.75, 3.05) is 11.9 Å². The van der Waals surface area contributed by atoms with Crippen molar-refractivity contribution in [1.82, 2.24) is 9.78 Å². The van der Waals surface area contributed by atoms with Gasteiger partial charge in [-0.3, -0.25) is 0 Å². The highest BCUT2D eigenvalue weighted by Crippen LogP contribution is 2.38. The Morgan fingerprint density at radius 2 is 1.88 bits per heavy atom. The fourth-order valence-corrected chi connectivity index (χ4v) is 2.39. The molecule has 1 aliphatic heterocycles. The summed E-state index contributed by atoms with van der Waals surface area (Å²) in [4.78, 5) is 0. The molecule has 0 saturated heterocycles. The van der Waals surface area contributed by atoms with E-state index in [0.717, 1.165) is 13.0 Å². The molecular formula is C14H25N3. The molecule has 1 aromatic heterocycles. The summed E-state index contributed by atoms with van der Waals surface area (Å²) in [5, 5.41) is 8.28. The SMILES string of the molecule is CC(C)(C)c1cc2n(n1)C(C(C)(C)C)CCN2. The number of fused-ring (bicyclic) bond motifs is 1. The molecule has 2 rings (SSSR count). The Bertz CT molecular complexity index is 404. The molecule has 2 heterocycles. The predicted octanol–water partition coefficient (Wildman–Crippen LogP) is 3.58. The van der Waals surface area contributed by atoms with Crippen LogP contribution >= 0.6 is 0 Å². The van der Waals surface area contributed by atoms with Crippen LogP contribution in [0.3, 0.4) is 0 Å². The van der Waals surface area contributed by atoms with Crippen molar-refractivity contribution in [3.63, 3.8) is 0 Å². The lowest BCUT2D eigenvalue weighted by molar-refractivity contribution is 0.209. The van der Waals surface area contributed by atoms with Crippen LogP contribution in [0, 0.1) is 5.41 Å². The minimum Gasteiger partial charge on any atom is -0.370 e. The molecule has 1 atom stereocenters.